The number of hydrogen-bond donors (Lipinski definition) is 0. The molecule has 0 fully saturated rings. The molecule has 0 radical (unpaired) electrons. The van der Waals surface area contributed by atoms with Crippen LogP contribution >= 0.6 is 0 Å². The van der Waals surface area contributed by atoms with Gasteiger partial charge >= 0.3 is 0 Å². The molecular weight excluding hydrogens is 496 g/mol. The van der Waals surface area contributed by atoms with Crippen LogP contribution in [-0.2, 0) is 26.5 Å². The van der Waals surface area contributed by atoms with E-state index in [1.807, 2.05) is 0 Å². The second-order valence-electron chi connectivity index (χ2n) is 12.2. The summed E-state index contributed by atoms with van der Waals surface area (Å²) >= 11 is 0. The smallest absolute Gasteiger partial charge is 0.0466 e. The number of ether oxygens (including phenoxy) is 1. The van der Waals surface area contributed by atoms with Gasteiger partial charge in [-0.15, -0.1) is 0 Å². The standard InChI is InChI=1S/C36H74O.Ti/c1-3-5-7-9-11-13-15-17-19-21-23-25-27-29-31-33-35-37-36-34-32-30-28-26-24-22-20-18-16-14-12-10-8-6-4-2;/h3-36H2,1-2H3;. The van der Waals surface area contributed by atoms with E-state index >= 15 is 0 Å². The molecule has 0 bridgehead atoms. The van der Waals surface area contributed by atoms with E-state index in [0.717, 1.165) is 13.2 Å². The summed E-state index contributed by atoms with van der Waals surface area (Å²) in [5.74, 6) is 0. The van der Waals surface area contributed by atoms with Crippen molar-refractivity contribution in [2.75, 3.05) is 13.2 Å². The first-order valence-corrected chi connectivity index (χ1v) is 18.0. The Balaban J connectivity index is 0. The van der Waals surface area contributed by atoms with Gasteiger partial charge in [-0.25, -0.2) is 0 Å². The van der Waals surface area contributed by atoms with Crippen LogP contribution in [0.4, 0.5) is 0 Å². The molecule has 0 aromatic carbocycles. The van der Waals surface area contributed by atoms with E-state index in [0.29, 0.717) is 0 Å². The van der Waals surface area contributed by atoms with Gasteiger partial charge in [-0.1, -0.05) is 206 Å². The molecule has 228 valence electrons. The van der Waals surface area contributed by atoms with Crippen LogP contribution in [0.15, 0.2) is 0 Å². The van der Waals surface area contributed by atoms with Crippen LogP contribution in [0.2, 0.25) is 0 Å². The Hall–Kier alpha value is 0.674. The van der Waals surface area contributed by atoms with Crippen molar-refractivity contribution in [1.29, 1.82) is 0 Å². The summed E-state index contributed by atoms with van der Waals surface area (Å²) in [4.78, 5) is 0. The van der Waals surface area contributed by atoms with Crippen molar-refractivity contribution in [3.8, 4) is 0 Å². The van der Waals surface area contributed by atoms with Gasteiger partial charge in [0.05, 0.1) is 0 Å². The molecule has 38 heavy (non-hydrogen) atoms. The van der Waals surface area contributed by atoms with E-state index in [9.17, 15) is 0 Å². The van der Waals surface area contributed by atoms with Crippen LogP contribution in [0.5, 0.6) is 0 Å². The maximum atomic E-state index is 5.87. The van der Waals surface area contributed by atoms with Crippen molar-refractivity contribution >= 4 is 0 Å². The quantitative estimate of drug-likeness (QED) is 0.0552. The molecule has 0 rings (SSSR count). The summed E-state index contributed by atoms with van der Waals surface area (Å²) in [5.41, 5.74) is 0. The first kappa shape index (κ1) is 40.8. The van der Waals surface area contributed by atoms with Crippen LogP contribution < -0.4 is 0 Å². The van der Waals surface area contributed by atoms with Gasteiger partial charge < -0.3 is 4.74 Å². The maximum absolute atomic E-state index is 5.87. The SMILES string of the molecule is CCCCCCCCCCCCCCCCCCOCCCCCCCCCCCCCCCCCC.[Ti]. The maximum Gasteiger partial charge on any atom is 0.0466 e. The zero-order chi connectivity index (χ0) is 26.7. The Morgan fingerprint density at radius 3 is 0.579 bits per heavy atom. The van der Waals surface area contributed by atoms with Gasteiger partial charge in [0.2, 0.25) is 0 Å². The van der Waals surface area contributed by atoms with Crippen LogP contribution in [0, 0.1) is 0 Å². The van der Waals surface area contributed by atoms with Crippen molar-refractivity contribution in [3.05, 3.63) is 0 Å². The summed E-state index contributed by atoms with van der Waals surface area (Å²) < 4.78 is 5.87. The Morgan fingerprint density at radius 1 is 0.237 bits per heavy atom. The van der Waals surface area contributed by atoms with E-state index < -0.39 is 0 Å². The fourth-order valence-corrected chi connectivity index (χ4v) is 5.61. The minimum absolute atomic E-state index is 0. The summed E-state index contributed by atoms with van der Waals surface area (Å²) in [6, 6.07) is 0. The summed E-state index contributed by atoms with van der Waals surface area (Å²) in [7, 11) is 0. The zero-order valence-corrected chi connectivity index (χ0v) is 28.5. The summed E-state index contributed by atoms with van der Waals surface area (Å²) in [5, 5.41) is 0. The van der Waals surface area contributed by atoms with Gasteiger partial charge in [0.1, 0.15) is 0 Å². The third-order valence-electron chi connectivity index (χ3n) is 8.28. The molecule has 0 N–H and O–H groups in total. The molecule has 2 heteroatoms. The van der Waals surface area contributed by atoms with Gasteiger partial charge in [-0.05, 0) is 12.8 Å². The van der Waals surface area contributed by atoms with Crippen LogP contribution in [-0.4, -0.2) is 13.2 Å². The monoisotopic (exact) mass is 571 g/mol. The molecule has 0 aromatic rings. The fraction of sp³-hybridized carbons (Fsp3) is 1.00. The fourth-order valence-electron chi connectivity index (χ4n) is 5.61. The molecule has 0 spiro atoms. The van der Waals surface area contributed by atoms with Crippen LogP contribution in [0.1, 0.15) is 219 Å². The number of hydrogen-bond acceptors (Lipinski definition) is 1. The van der Waals surface area contributed by atoms with Crippen LogP contribution in [0.3, 0.4) is 0 Å². The largest absolute Gasteiger partial charge is 0.381 e. The van der Waals surface area contributed by atoms with E-state index in [4.69, 9.17) is 4.74 Å². The second-order valence-corrected chi connectivity index (χ2v) is 12.2. The summed E-state index contributed by atoms with van der Waals surface area (Å²) in [6.07, 6.45) is 46.0. The minimum atomic E-state index is 0. The Morgan fingerprint density at radius 2 is 0.395 bits per heavy atom. The molecule has 1 nitrogen and oxygen atoms in total. The molecule has 0 saturated carbocycles. The first-order valence-electron chi connectivity index (χ1n) is 18.0. The van der Waals surface area contributed by atoms with Crippen molar-refractivity contribution in [3.63, 3.8) is 0 Å². The topological polar surface area (TPSA) is 9.23 Å². The van der Waals surface area contributed by atoms with Gasteiger partial charge in [0.15, 0.2) is 0 Å². The molecule has 0 amide bonds. The van der Waals surface area contributed by atoms with Crippen molar-refractivity contribution in [1.82, 2.24) is 0 Å². The van der Waals surface area contributed by atoms with Gasteiger partial charge in [-0.2, -0.15) is 0 Å². The average molecular weight is 571 g/mol. The normalized spacial score (nSPS) is 11.2. The molecule has 0 heterocycles. The van der Waals surface area contributed by atoms with Crippen molar-refractivity contribution < 1.29 is 26.5 Å². The predicted octanol–water partition coefficient (Wildman–Crippen LogP) is 13.5. The number of unbranched alkanes of at least 4 members (excludes halogenated alkanes) is 30. The van der Waals surface area contributed by atoms with Crippen molar-refractivity contribution in [2.24, 2.45) is 0 Å². The second kappa shape index (κ2) is 39.8. The predicted molar refractivity (Wildman–Crippen MR) is 170 cm³/mol. The zero-order valence-electron chi connectivity index (χ0n) is 26.9. The third kappa shape index (κ3) is 38.8. The van der Waals surface area contributed by atoms with Gasteiger partial charge in [-0.3, -0.25) is 0 Å². The van der Waals surface area contributed by atoms with Crippen LogP contribution in [0.25, 0.3) is 0 Å². The molecule has 0 saturated heterocycles. The molecular formula is C36H74OTi. The Bertz CT molecular complexity index is 338. The summed E-state index contributed by atoms with van der Waals surface area (Å²) in [6.45, 7) is 6.60. The van der Waals surface area contributed by atoms with E-state index in [1.54, 1.807) is 0 Å². The molecule has 0 aliphatic carbocycles. The number of rotatable bonds is 34. The molecule has 0 aromatic heterocycles. The average Bonchev–Trinajstić information content (AvgIpc) is 2.91. The van der Waals surface area contributed by atoms with E-state index in [2.05, 4.69) is 13.8 Å². The van der Waals surface area contributed by atoms with E-state index in [-0.39, 0.29) is 21.7 Å². The Labute approximate surface area is 258 Å². The molecule has 0 aliphatic rings. The molecule has 0 unspecified atom stereocenters. The Kier molecular flexibility index (Phi) is 42.8. The van der Waals surface area contributed by atoms with E-state index in [1.165, 1.54) is 205 Å². The van der Waals surface area contributed by atoms with Gasteiger partial charge in [0.25, 0.3) is 0 Å². The van der Waals surface area contributed by atoms with Crippen molar-refractivity contribution in [2.45, 2.75) is 219 Å². The third-order valence-corrected chi connectivity index (χ3v) is 8.28. The first-order chi connectivity index (χ1) is 18.4. The molecule has 0 atom stereocenters. The minimum Gasteiger partial charge on any atom is -0.381 e. The van der Waals surface area contributed by atoms with Gasteiger partial charge in [0, 0.05) is 34.9 Å². The molecule has 0 aliphatic heterocycles.